The Kier molecular flexibility index (Phi) is 4.76. The first-order valence-electron chi connectivity index (χ1n) is 6.37. The molecule has 0 aromatic carbocycles. The maximum absolute atomic E-state index is 11.4. The van der Waals surface area contributed by atoms with Gasteiger partial charge in [-0.2, -0.15) is 4.98 Å². The Hall–Kier alpha value is -2.33. The van der Waals surface area contributed by atoms with Gasteiger partial charge in [0.05, 0.1) is 9.93 Å². The van der Waals surface area contributed by atoms with Gasteiger partial charge in [0.15, 0.2) is 5.69 Å². The molecule has 11 heteroatoms. The number of nitrogens with zero attached hydrogens (tertiary/aromatic N) is 5. The lowest BCUT2D eigenvalue weighted by Crippen LogP contribution is -2.15. The molecule has 0 saturated carbocycles. The number of carboxylic acid groups (broad SMARTS) is 1. The molecule has 2 aromatic heterocycles. The molecule has 0 atom stereocenters. The van der Waals surface area contributed by atoms with Crippen LogP contribution in [0.3, 0.4) is 0 Å². The van der Waals surface area contributed by atoms with E-state index in [1.807, 2.05) is 13.8 Å². The van der Waals surface area contributed by atoms with Gasteiger partial charge < -0.3 is 10.0 Å². The molecule has 122 valence electrons. The van der Waals surface area contributed by atoms with E-state index in [0.717, 1.165) is 17.5 Å². The van der Waals surface area contributed by atoms with Crippen LogP contribution in [0, 0.1) is 10.1 Å². The van der Waals surface area contributed by atoms with Crippen LogP contribution in [-0.4, -0.2) is 38.0 Å². The number of aromatic nitrogens is 3. The fourth-order valence-electron chi connectivity index (χ4n) is 1.76. The number of rotatable bonds is 5. The third-order valence-corrected chi connectivity index (χ3v) is 4.48. The van der Waals surface area contributed by atoms with E-state index in [1.165, 1.54) is 11.9 Å². The van der Waals surface area contributed by atoms with Crippen molar-refractivity contribution < 1.29 is 14.8 Å². The van der Waals surface area contributed by atoms with E-state index in [-0.39, 0.29) is 33.4 Å². The fourth-order valence-corrected chi connectivity index (χ4v) is 2.91. The molecule has 0 radical (unpaired) electrons. The van der Waals surface area contributed by atoms with Crippen molar-refractivity contribution >= 4 is 45.4 Å². The monoisotopic (exact) mass is 357 g/mol. The molecule has 2 aromatic rings. The van der Waals surface area contributed by atoms with Crippen molar-refractivity contribution in [3.8, 4) is 0 Å². The highest BCUT2D eigenvalue weighted by molar-refractivity contribution is 7.16. The highest BCUT2D eigenvalue weighted by Gasteiger charge is 2.28. The second-order valence-electron chi connectivity index (χ2n) is 4.83. The third-order valence-electron chi connectivity index (χ3n) is 2.86. The topological polar surface area (TPSA) is 122 Å². The lowest BCUT2D eigenvalue weighted by atomic mass is 10.2. The molecule has 0 aliphatic rings. The van der Waals surface area contributed by atoms with Gasteiger partial charge in [-0.25, -0.2) is 14.8 Å². The quantitative estimate of drug-likeness (QED) is 0.492. The summed E-state index contributed by atoms with van der Waals surface area (Å²) in [4.78, 5) is 34.7. The third kappa shape index (κ3) is 3.37. The number of carbonyl (C=O) groups is 1. The highest BCUT2D eigenvalue weighted by Crippen LogP contribution is 2.38. The van der Waals surface area contributed by atoms with Crippen molar-refractivity contribution in [1.82, 2.24) is 15.0 Å². The van der Waals surface area contributed by atoms with E-state index in [0.29, 0.717) is 5.01 Å². The molecule has 0 amide bonds. The van der Waals surface area contributed by atoms with Gasteiger partial charge in [-0.05, 0) is 11.6 Å². The minimum absolute atomic E-state index is 0.0178. The summed E-state index contributed by atoms with van der Waals surface area (Å²) in [7, 11) is 1.47. The van der Waals surface area contributed by atoms with Gasteiger partial charge in [-0.15, -0.1) is 0 Å². The Morgan fingerprint density at radius 3 is 2.65 bits per heavy atom. The summed E-state index contributed by atoms with van der Waals surface area (Å²) in [6.45, 7) is 3.75. The molecule has 0 bridgehead atoms. The normalized spacial score (nSPS) is 10.8. The summed E-state index contributed by atoms with van der Waals surface area (Å²) < 4.78 is 0. The van der Waals surface area contributed by atoms with E-state index in [1.54, 1.807) is 0 Å². The molecule has 0 unspecified atom stereocenters. The second kappa shape index (κ2) is 6.42. The Labute approximate surface area is 139 Å². The van der Waals surface area contributed by atoms with Crippen LogP contribution >= 0.6 is 22.9 Å². The lowest BCUT2D eigenvalue weighted by molar-refractivity contribution is -0.384. The van der Waals surface area contributed by atoms with Crippen molar-refractivity contribution in [2.75, 3.05) is 11.9 Å². The smallest absolute Gasteiger partial charge is 0.357 e. The summed E-state index contributed by atoms with van der Waals surface area (Å²) in [5.74, 6) is -1.31. The molecule has 0 saturated heterocycles. The standard InChI is InChI=1S/C12H12ClN5O4S/c1-5(2)9-15-7(11(19)20)10(23-9)17(3)8-6(18(21)22)4-14-12(13)16-8/h4-5H,1-3H3,(H,19,20). The van der Waals surface area contributed by atoms with Crippen molar-refractivity contribution in [2.45, 2.75) is 19.8 Å². The van der Waals surface area contributed by atoms with Crippen LogP contribution in [0.25, 0.3) is 0 Å². The highest BCUT2D eigenvalue weighted by atomic mass is 35.5. The molecular weight excluding hydrogens is 346 g/mol. The van der Waals surface area contributed by atoms with Gasteiger partial charge in [0, 0.05) is 13.0 Å². The largest absolute Gasteiger partial charge is 0.476 e. The van der Waals surface area contributed by atoms with Gasteiger partial charge >= 0.3 is 11.7 Å². The number of halogens is 1. The molecule has 0 fully saturated rings. The van der Waals surface area contributed by atoms with Crippen LogP contribution in [-0.2, 0) is 0 Å². The molecule has 23 heavy (non-hydrogen) atoms. The van der Waals surface area contributed by atoms with Crippen molar-refractivity contribution in [1.29, 1.82) is 0 Å². The van der Waals surface area contributed by atoms with Gasteiger partial charge in [0.1, 0.15) is 11.2 Å². The van der Waals surface area contributed by atoms with E-state index in [9.17, 15) is 20.0 Å². The predicted molar refractivity (Wildman–Crippen MR) is 84.9 cm³/mol. The number of hydrogen-bond acceptors (Lipinski definition) is 8. The van der Waals surface area contributed by atoms with E-state index in [4.69, 9.17) is 11.6 Å². The Bertz CT molecular complexity index is 779. The molecule has 0 spiro atoms. The number of carboxylic acids is 1. The minimum Gasteiger partial charge on any atom is -0.476 e. The van der Waals surface area contributed by atoms with Crippen LogP contribution in [0.4, 0.5) is 16.5 Å². The molecule has 1 N–H and O–H groups in total. The van der Waals surface area contributed by atoms with Gasteiger partial charge in [-0.1, -0.05) is 25.2 Å². The number of nitro groups is 1. The number of hydrogen-bond donors (Lipinski definition) is 1. The molecule has 2 rings (SSSR count). The summed E-state index contributed by atoms with van der Waals surface area (Å²) in [6, 6.07) is 0. The number of anilines is 2. The summed E-state index contributed by atoms with van der Waals surface area (Å²) in [5.41, 5.74) is -0.571. The predicted octanol–water partition coefficient (Wildman–Crippen LogP) is 3.08. The first kappa shape index (κ1) is 17.0. The maximum atomic E-state index is 11.4. The van der Waals surface area contributed by atoms with Gasteiger partial charge in [0.2, 0.25) is 11.1 Å². The Morgan fingerprint density at radius 2 is 2.13 bits per heavy atom. The lowest BCUT2D eigenvalue weighted by Gasteiger charge is -2.16. The first-order chi connectivity index (χ1) is 10.7. The molecule has 0 aliphatic heterocycles. The molecular formula is C12H12ClN5O4S. The van der Waals surface area contributed by atoms with Crippen LogP contribution in [0.1, 0.15) is 35.3 Å². The number of aromatic carboxylic acids is 1. The fraction of sp³-hybridized carbons (Fsp3) is 0.333. The van der Waals surface area contributed by atoms with Crippen molar-refractivity contribution in [2.24, 2.45) is 0 Å². The van der Waals surface area contributed by atoms with Crippen LogP contribution in [0.15, 0.2) is 6.20 Å². The van der Waals surface area contributed by atoms with Gasteiger partial charge in [0.25, 0.3) is 0 Å². The summed E-state index contributed by atoms with van der Waals surface area (Å²) in [5, 5.41) is 21.1. The zero-order valence-corrected chi connectivity index (χ0v) is 13.9. The van der Waals surface area contributed by atoms with Crippen LogP contribution < -0.4 is 4.90 Å². The zero-order chi connectivity index (χ0) is 17.3. The average Bonchev–Trinajstić information content (AvgIpc) is 2.91. The summed E-state index contributed by atoms with van der Waals surface area (Å²) in [6.07, 6.45) is 0.978. The first-order valence-corrected chi connectivity index (χ1v) is 7.56. The van der Waals surface area contributed by atoms with Gasteiger partial charge in [-0.3, -0.25) is 10.1 Å². The number of thiazole rings is 1. The van der Waals surface area contributed by atoms with E-state index < -0.39 is 10.9 Å². The molecule has 9 nitrogen and oxygen atoms in total. The van der Waals surface area contributed by atoms with E-state index >= 15 is 0 Å². The maximum Gasteiger partial charge on any atom is 0.357 e. The van der Waals surface area contributed by atoms with Crippen LogP contribution in [0.5, 0.6) is 0 Å². The minimum atomic E-state index is -1.22. The van der Waals surface area contributed by atoms with Crippen LogP contribution in [0.2, 0.25) is 5.28 Å². The second-order valence-corrected chi connectivity index (χ2v) is 6.18. The SMILES string of the molecule is CC(C)c1nc(C(=O)O)c(N(C)c2nc(Cl)ncc2[N+](=O)[O-])s1. The van der Waals surface area contributed by atoms with E-state index in [2.05, 4.69) is 15.0 Å². The Balaban J connectivity index is 2.61. The zero-order valence-electron chi connectivity index (χ0n) is 12.3. The van der Waals surface area contributed by atoms with Crippen molar-refractivity contribution in [3.63, 3.8) is 0 Å². The van der Waals surface area contributed by atoms with Crippen molar-refractivity contribution in [3.05, 3.63) is 32.3 Å². The molecule has 2 heterocycles. The summed E-state index contributed by atoms with van der Waals surface area (Å²) >= 11 is 6.84. The molecule has 0 aliphatic carbocycles. The Morgan fingerprint density at radius 1 is 1.48 bits per heavy atom. The average molecular weight is 358 g/mol.